The van der Waals surface area contributed by atoms with Gasteiger partial charge in [0.15, 0.2) is 0 Å². The standard InChI is InChI=1S/C49H63N7O7/c1-8-55-42-14-13-31-21-36(42)37(44(55)35-11-9-15-50-43(35)29(4)5)22-49(6,7)27-63-48(61)39-12-10-16-56(53-39)47(60)40(19-30-17-32(31)20-33(57)18-30)52-45(58)38(28(2)3)26-62-34-24-54(25-34)46(59)41-23-51-41/h9,11,13-15,17-18,20-21,28-29,34,38-41,51,53,57H,8,10,12,16,19,22-27H2,1-7H3,(H,52,58)/t38-,39-,40-,41+/m0/s1. The highest BCUT2D eigenvalue weighted by Crippen LogP contribution is 2.42. The number of aryl methyl sites for hydroxylation is 1. The van der Waals surface area contributed by atoms with Gasteiger partial charge in [-0.1, -0.05) is 53.7 Å². The number of hydrogen-bond acceptors (Lipinski definition) is 10. The average Bonchev–Trinajstić information content (AvgIpc) is 4.05. The van der Waals surface area contributed by atoms with Gasteiger partial charge in [-0.2, -0.15) is 0 Å². The molecule has 0 spiro atoms. The first-order valence-electron chi connectivity index (χ1n) is 22.7. The number of pyridine rings is 1. The maximum atomic E-state index is 14.6. The molecule has 3 saturated heterocycles. The molecule has 0 unspecified atom stereocenters. The number of carbonyl (C=O) groups excluding carboxylic acids is 4. The van der Waals surface area contributed by atoms with Crippen molar-refractivity contribution in [1.82, 2.24) is 35.5 Å². The van der Waals surface area contributed by atoms with Crippen molar-refractivity contribution in [2.75, 3.05) is 39.4 Å². The summed E-state index contributed by atoms with van der Waals surface area (Å²) in [6.45, 7) is 17.6. The van der Waals surface area contributed by atoms with E-state index in [0.29, 0.717) is 51.0 Å². The van der Waals surface area contributed by atoms with Gasteiger partial charge in [-0.3, -0.25) is 29.2 Å². The molecular formula is C49H63N7O7. The fraction of sp³-hybridized carbons (Fsp3) is 0.531. The van der Waals surface area contributed by atoms with E-state index < -0.39 is 35.3 Å². The zero-order chi connectivity index (χ0) is 44.7. The fourth-order valence-corrected chi connectivity index (χ4v) is 9.36. The van der Waals surface area contributed by atoms with Crippen molar-refractivity contribution < 1.29 is 33.8 Å². The van der Waals surface area contributed by atoms with E-state index in [4.69, 9.17) is 14.5 Å². The number of nitrogens with zero attached hydrogens (tertiary/aromatic N) is 4. The lowest BCUT2D eigenvalue weighted by Gasteiger charge is -2.39. The highest BCUT2D eigenvalue weighted by Gasteiger charge is 2.41. The molecule has 14 heteroatoms. The van der Waals surface area contributed by atoms with E-state index in [0.717, 1.165) is 51.1 Å². The molecule has 6 heterocycles. The molecule has 336 valence electrons. The van der Waals surface area contributed by atoms with Gasteiger partial charge < -0.3 is 34.7 Å². The van der Waals surface area contributed by atoms with Gasteiger partial charge in [0.1, 0.15) is 17.8 Å². The molecule has 4 aromatic rings. The minimum Gasteiger partial charge on any atom is -0.508 e. The molecule has 4 atom stereocenters. The van der Waals surface area contributed by atoms with Gasteiger partial charge in [-0.05, 0) is 96.7 Å². The van der Waals surface area contributed by atoms with Crippen LogP contribution in [0.15, 0.2) is 54.7 Å². The Hall–Kier alpha value is -5.31. The monoisotopic (exact) mass is 861 g/mol. The Morgan fingerprint density at radius 1 is 1.06 bits per heavy atom. The normalized spacial score (nSPS) is 22.1. The van der Waals surface area contributed by atoms with Gasteiger partial charge in [-0.25, -0.2) is 5.43 Å². The Kier molecular flexibility index (Phi) is 12.7. The summed E-state index contributed by atoms with van der Waals surface area (Å²) in [5, 5.41) is 19.9. The molecule has 4 aliphatic rings. The van der Waals surface area contributed by atoms with Gasteiger partial charge >= 0.3 is 5.97 Å². The summed E-state index contributed by atoms with van der Waals surface area (Å²) in [5.74, 6) is -1.56. The summed E-state index contributed by atoms with van der Waals surface area (Å²) < 4.78 is 14.6. The van der Waals surface area contributed by atoms with Crippen LogP contribution in [-0.4, -0.2) is 112 Å². The molecular weight excluding hydrogens is 799 g/mol. The van der Waals surface area contributed by atoms with Crippen molar-refractivity contribution in [3.05, 3.63) is 71.5 Å². The van der Waals surface area contributed by atoms with E-state index in [1.165, 1.54) is 5.01 Å². The van der Waals surface area contributed by atoms with Gasteiger partial charge in [0, 0.05) is 67.2 Å². The van der Waals surface area contributed by atoms with E-state index in [2.05, 4.69) is 79.5 Å². The van der Waals surface area contributed by atoms with Crippen LogP contribution in [0.3, 0.4) is 0 Å². The van der Waals surface area contributed by atoms with Crippen molar-refractivity contribution in [2.24, 2.45) is 17.3 Å². The maximum Gasteiger partial charge on any atom is 0.324 e. The highest BCUT2D eigenvalue weighted by atomic mass is 16.5. The number of aromatic nitrogens is 2. The molecule has 4 N–H and O–H groups in total. The molecule has 63 heavy (non-hydrogen) atoms. The van der Waals surface area contributed by atoms with E-state index in [9.17, 15) is 24.3 Å². The first-order chi connectivity index (χ1) is 30.1. The van der Waals surface area contributed by atoms with Crippen molar-refractivity contribution in [3.8, 4) is 28.1 Å². The molecule has 3 amide bonds. The van der Waals surface area contributed by atoms with Crippen molar-refractivity contribution >= 4 is 34.6 Å². The van der Waals surface area contributed by atoms with Crippen LogP contribution in [0.25, 0.3) is 33.3 Å². The third kappa shape index (κ3) is 9.49. The van der Waals surface area contributed by atoms with Gasteiger partial charge in [0.25, 0.3) is 5.91 Å². The SMILES string of the molecule is CCn1c(-c2cccnc2C(C)C)c2c3cc(ccc31)-c1cc(O)cc(c1)C[C@H](NC(=O)[C@@H](COC1CN(C(=O)[C@H]3CN3)C1)C(C)C)C(=O)N1CCC[C@H](N1)C(=O)OCC(C)(C)C2. The summed E-state index contributed by atoms with van der Waals surface area (Å²) in [4.78, 5) is 61.7. The lowest BCUT2D eigenvalue weighted by molar-refractivity contribution is -0.155. The number of fused-ring (bicyclic) bond motifs is 6. The molecule has 2 aromatic heterocycles. The second-order valence-corrected chi connectivity index (χ2v) is 19.3. The van der Waals surface area contributed by atoms with Crippen LogP contribution in [0.5, 0.6) is 5.75 Å². The number of phenolic OH excluding ortho intramolecular Hbond substituents is 1. The van der Waals surface area contributed by atoms with Crippen molar-refractivity contribution in [2.45, 2.75) is 111 Å². The second-order valence-electron chi connectivity index (χ2n) is 19.3. The first-order valence-corrected chi connectivity index (χ1v) is 22.7. The number of carbonyl (C=O) groups is 4. The van der Waals surface area contributed by atoms with E-state index in [1.54, 1.807) is 17.0 Å². The predicted octanol–water partition coefficient (Wildman–Crippen LogP) is 5.34. The third-order valence-corrected chi connectivity index (χ3v) is 13.0. The fourth-order valence-electron chi connectivity index (χ4n) is 9.36. The summed E-state index contributed by atoms with van der Waals surface area (Å²) in [6, 6.07) is 13.9. The van der Waals surface area contributed by atoms with E-state index in [1.807, 2.05) is 32.2 Å². The number of esters is 1. The second kappa shape index (κ2) is 18.1. The largest absolute Gasteiger partial charge is 0.508 e. The molecule has 6 bridgehead atoms. The highest BCUT2D eigenvalue weighted by molar-refractivity contribution is 5.96. The number of hydrazine groups is 1. The number of phenols is 1. The molecule has 2 aromatic carbocycles. The van der Waals surface area contributed by atoms with Crippen LogP contribution in [0.1, 0.15) is 84.0 Å². The summed E-state index contributed by atoms with van der Waals surface area (Å²) in [6.07, 6.45) is 3.40. The van der Waals surface area contributed by atoms with E-state index in [-0.39, 0.29) is 61.2 Å². The number of benzene rings is 2. The van der Waals surface area contributed by atoms with Crippen LogP contribution in [-0.2, 0) is 48.0 Å². The number of amides is 3. The lowest BCUT2D eigenvalue weighted by Crippen LogP contribution is -2.61. The first kappa shape index (κ1) is 44.3. The number of likely N-dealkylation sites (tertiary alicyclic amines) is 1. The molecule has 0 saturated carbocycles. The average molecular weight is 862 g/mol. The maximum absolute atomic E-state index is 14.6. The number of hydrogen-bond donors (Lipinski definition) is 4. The molecule has 3 fully saturated rings. The van der Waals surface area contributed by atoms with Crippen LogP contribution < -0.4 is 16.1 Å². The number of cyclic esters (lactones) is 1. The minimum atomic E-state index is -1.04. The number of aromatic hydroxyl groups is 1. The Morgan fingerprint density at radius 2 is 1.84 bits per heavy atom. The Labute approximate surface area is 370 Å². The minimum absolute atomic E-state index is 0.0393. The van der Waals surface area contributed by atoms with Crippen LogP contribution in [0.2, 0.25) is 0 Å². The molecule has 8 rings (SSSR count). The Bertz CT molecular complexity index is 2380. The van der Waals surface area contributed by atoms with Crippen LogP contribution in [0, 0.1) is 17.3 Å². The summed E-state index contributed by atoms with van der Waals surface area (Å²) in [5.41, 5.74) is 10.3. The zero-order valence-corrected chi connectivity index (χ0v) is 37.7. The number of nitrogens with one attached hydrogen (secondary N) is 3. The van der Waals surface area contributed by atoms with Crippen LogP contribution >= 0.6 is 0 Å². The predicted molar refractivity (Wildman–Crippen MR) is 240 cm³/mol. The molecule has 0 aliphatic carbocycles. The Morgan fingerprint density at radius 3 is 2.56 bits per heavy atom. The molecule has 0 radical (unpaired) electrons. The number of ether oxygens (including phenoxy) is 2. The lowest BCUT2D eigenvalue weighted by atomic mass is 9.83. The van der Waals surface area contributed by atoms with Crippen LogP contribution in [0.4, 0.5) is 0 Å². The molecule has 4 aliphatic heterocycles. The van der Waals surface area contributed by atoms with Gasteiger partial charge in [0.05, 0.1) is 42.7 Å². The quantitative estimate of drug-likeness (QED) is 0.120. The smallest absolute Gasteiger partial charge is 0.324 e. The van der Waals surface area contributed by atoms with Gasteiger partial charge in [-0.15, -0.1) is 0 Å². The van der Waals surface area contributed by atoms with Crippen molar-refractivity contribution in [3.63, 3.8) is 0 Å². The summed E-state index contributed by atoms with van der Waals surface area (Å²) in [7, 11) is 0. The zero-order valence-electron chi connectivity index (χ0n) is 37.7. The summed E-state index contributed by atoms with van der Waals surface area (Å²) >= 11 is 0. The van der Waals surface area contributed by atoms with E-state index >= 15 is 0 Å². The Balaban J connectivity index is 1.16. The molecule has 14 nitrogen and oxygen atoms in total. The number of rotatable bonds is 10. The topological polar surface area (TPSA) is 177 Å². The third-order valence-electron chi connectivity index (χ3n) is 13.0. The van der Waals surface area contributed by atoms with Gasteiger partial charge in [0.2, 0.25) is 11.8 Å². The van der Waals surface area contributed by atoms with Crippen molar-refractivity contribution in [1.29, 1.82) is 0 Å².